The molecule has 4 N–H and O–H groups in total. The smallest absolute Gasteiger partial charge is 0.323 e. The molecular weight excluding hydrogens is 497 g/mol. The number of aryl methyl sites for hydroxylation is 1. The number of anilines is 3. The summed E-state index contributed by atoms with van der Waals surface area (Å²) in [6.45, 7) is 9.00. The van der Waals surface area contributed by atoms with Crippen LogP contribution in [0.5, 0.6) is 0 Å². The molecule has 0 aliphatic rings. The van der Waals surface area contributed by atoms with Gasteiger partial charge in [-0.3, -0.25) is 4.90 Å². The van der Waals surface area contributed by atoms with Gasteiger partial charge in [-0.2, -0.15) is 0 Å². The summed E-state index contributed by atoms with van der Waals surface area (Å²) in [5.74, 6) is 6.59. The lowest BCUT2D eigenvalue weighted by atomic mass is 10.0. The van der Waals surface area contributed by atoms with Gasteiger partial charge in [-0.25, -0.2) is 14.2 Å². The summed E-state index contributed by atoms with van der Waals surface area (Å²) >= 11 is 1.60. The molecule has 0 saturated heterocycles. The Balaban J connectivity index is 1.51. The molecule has 0 aliphatic carbocycles. The Morgan fingerprint density at radius 1 is 1.11 bits per heavy atom. The van der Waals surface area contributed by atoms with E-state index in [1.165, 1.54) is 6.07 Å². The van der Waals surface area contributed by atoms with Crippen molar-refractivity contribution >= 4 is 44.6 Å². The summed E-state index contributed by atoms with van der Waals surface area (Å²) < 4.78 is 15.0. The Bertz CT molecular complexity index is 1480. The van der Waals surface area contributed by atoms with Gasteiger partial charge in [-0.05, 0) is 73.6 Å². The zero-order chi connectivity index (χ0) is 27.1. The number of nitrogens with two attached hydrogens (primary N) is 1. The van der Waals surface area contributed by atoms with Gasteiger partial charge in [-0.1, -0.05) is 43.9 Å². The lowest BCUT2D eigenvalue weighted by Gasteiger charge is -2.17. The number of amides is 2. The number of urea groups is 1. The van der Waals surface area contributed by atoms with Crippen molar-refractivity contribution in [2.24, 2.45) is 0 Å². The number of hydrogen-bond acceptors (Lipinski definition) is 5. The molecule has 2 amide bonds. The van der Waals surface area contributed by atoms with Crippen LogP contribution >= 0.6 is 11.3 Å². The van der Waals surface area contributed by atoms with E-state index in [0.29, 0.717) is 11.5 Å². The molecule has 0 saturated carbocycles. The van der Waals surface area contributed by atoms with E-state index in [1.54, 1.807) is 41.8 Å². The monoisotopic (exact) mass is 529 g/mol. The minimum atomic E-state index is -0.517. The predicted molar refractivity (Wildman–Crippen MR) is 157 cm³/mol. The zero-order valence-corrected chi connectivity index (χ0v) is 22.7. The van der Waals surface area contributed by atoms with Gasteiger partial charge in [0, 0.05) is 22.8 Å². The third kappa shape index (κ3) is 6.49. The van der Waals surface area contributed by atoms with Crippen molar-refractivity contribution in [3.05, 3.63) is 71.0 Å². The van der Waals surface area contributed by atoms with Crippen molar-refractivity contribution in [1.82, 2.24) is 9.88 Å². The molecular formula is C30H32FN5OS. The third-order valence-electron chi connectivity index (χ3n) is 6.05. The summed E-state index contributed by atoms with van der Waals surface area (Å²) in [7, 11) is 0. The fraction of sp³-hybridized carbons (Fsp3) is 0.267. The molecule has 0 spiro atoms. The average Bonchev–Trinajstić information content (AvgIpc) is 3.35. The Hall–Kier alpha value is -3.93. The van der Waals surface area contributed by atoms with Gasteiger partial charge in [0.1, 0.15) is 11.6 Å². The summed E-state index contributed by atoms with van der Waals surface area (Å²) in [4.78, 5) is 19.2. The lowest BCUT2D eigenvalue weighted by Crippen LogP contribution is -2.25. The average molecular weight is 530 g/mol. The summed E-state index contributed by atoms with van der Waals surface area (Å²) in [5.41, 5.74) is 10.7. The number of nitrogens with one attached hydrogen (secondary N) is 2. The van der Waals surface area contributed by atoms with Crippen LogP contribution in [0.4, 0.5) is 26.4 Å². The van der Waals surface area contributed by atoms with Gasteiger partial charge in [0.25, 0.3) is 0 Å². The first kappa shape index (κ1) is 27.1. The number of benzene rings is 2. The van der Waals surface area contributed by atoms with Crippen molar-refractivity contribution < 1.29 is 9.18 Å². The first-order valence-electron chi connectivity index (χ1n) is 12.7. The quantitative estimate of drug-likeness (QED) is 0.212. The van der Waals surface area contributed by atoms with E-state index in [9.17, 15) is 9.18 Å². The van der Waals surface area contributed by atoms with Crippen molar-refractivity contribution in [1.29, 1.82) is 0 Å². The molecule has 0 unspecified atom stereocenters. The fourth-order valence-electron chi connectivity index (χ4n) is 4.27. The second-order valence-corrected chi connectivity index (χ2v) is 10.0. The molecule has 8 heteroatoms. The highest BCUT2D eigenvalue weighted by Crippen LogP contribution is 2.38. The van der Waals surface area contributed by atoms with Crippen LogP contribution in [0.25, 0.3) is 21.2 Å². The molecule has 0 atom stereocenters. The second-order valence-electron chi connectivity index (χ2n) is 9.13. The van der Waals surface area contributed by atoms with E-state index >= 15 is 0 Å². The molecule has 2 aromatic carbocycles. The molecule has 0 fully saturated rings. The number of rotatable bonds is 8. The van der Waals surface area contributed by atoms with Gasteiger partial charge in [-0.15, -0.1) is 11.3 Å². The number of hydrogen-bond donors (Lipinski definition) is 3. The number of pyridine rings is 1. The van der Waals surface area contributed by atoms with Gasteiger partial charge in [0.15, 0.2) is 0 Å². The van der Waals surface area contributed by atoms with Crippen LogP contribution in [0.15, 0.2) is 54.0 Å². The Labute approximate surface area is 227 Å². The van der Waals surface area contributed by atoms with Crippen LogP contribution in [0.2, 0.25) is 0 Å². The van der Waals surface area contributed by atoms with Crippen LogP contribution in [0.3, 0.4) is 0 Å². The molecule has 0 radical (unpaired) electrons. The molecule has 6 nitrogen and oxygen atoms in total. The van der Waals surface area contributed by atoms with E-state index in [-0.39, 0.29) is 5.69 Å². The standard InChI is InChI=1S/C30H32FN5OS/c1-4-14-36(15-5-2)16-6-7-22-18-33-29(32)27-24(19-38-28(22)27)21-9-11-23(12-10-21)34-30(37)35-26-17-20(3)8-13-25(26)31/h8-13,17-19H,4-5,14-16H2,1-3H3,(H2,32,33)(H2,34,35,37). The molecule has 0 bridgehead atoms. The first-order chi connectivity index (χ1) is 18.4. The number of nitrogen functional groups attached to an aromatic ring is 1. The van der Waals surface area contributed by atoms with Crippen LogP contribution in [0.1, 0.15) is 37.8 Å². The van der Waals surface area contributed by atoms with Crippen molar-refractivity contribution in [2.45, 2.75) is 33.6 Å². The maximum absolute atomic E-state index is 14.0. The number of thiophene rings is 1. The van der Waals surface area contributed by atoms with Crippen molar-refractivity contribution in [3.63, 3.8) is 0 Å². The minimum Gasteiger partial charge on any atom is -0.383 e. The van der Waals surface area contributed by atoms with Gasteiger partial charge in [0.05, 0.1) is 22.5 Å². The van der Waals surface area contributed by atoms with Crippen LogP contribution < -0.4 is 16.4 Å². The van der Waals surface area contributed by atoms with E-state index in [1.807, 2.05) is 19.1 Å². The highest BCUT2D eigenvalue weighted by molar-refractivity contribution is 7.18. The van der Waals surface area contributed by atoms with Gasteiger partial charge < -0.3 is 16.4 Å². The van der Waals surface area contributed by atoms with E-state index in [4.69, 9.17) is 5.73 Å². The normalized spacial score (nSPS) is 10.9. The highest BCUT2D eigenvalue weighted by Gasteiger charge is 2.14. The predicted octanol–water partition coefficient (Wildman–Crippen LogP) is 7.11. The maximum atomic E-state index is 14.0. The summed E-state index contributed by atoms with van der Waals surface area (Å²) in [6, 6.07) is 11.5. The molecule has 2 heterocycles. The highest BCUT2D eigenvalue weighted by atomic mass is 32.1. The molecule has 196 valence electrons. The van der Waals surface area contributed by atoms with Crippen molar-refractivity contribution in [3.8, 4) is 23.0 Å². The SMILES string of the molecule is CCCN(CC#Cc1cnc(N)c2c(-c3ccc(NC(=O)Nc4cc(C)ccc4F)cc3)csc12)CCC. The molecule has 4 aromatic rings. The maximum Gasteiger partial charge on any atom is 0.323 e. The largest absolute Gasteiger partial charge is 0.383 e. The number of carbonyl (C=O) groups excluding carboxylic acids is 1. The molecule has 2 aromatic heterocycles. The molecule has 0 aliphatic heterocycles. The second kappa shape index (κ2) is 12.5. The van der Waals surface area contributed by atoms with E-state index in [2.05, 4.69) is 51.6 Å². The lowest BCUT2D eigenvalue weighted by molar-refractivity contribution is 0.262. The third-order valence-corrected chi connectivity index (χ3v) is 7.07. The Kier molecular flexibility index (Phi) is 8.95. The van der Waals surface area contributed by atoms with Crippen LogP contribution in [0, 0.1) is 24.6 Å². The molecule has 38 heavy (non-hydrogen) atoms. The number of carbonyl (C=O) groups is 1. The number of nitrogens with zero attached hydrogens (tertiary/aromatic N) is 2. The molecule has 4 rings (SSSR count). The van der Waals surface area contributed by atoms with Crippen LogP contribution in [-0.4, -0.2) is 35.5 Å². The van der Waals surface area contributed by atoms with Crippen molar-refractivity contribution in [2.75, 3.05) is 36.0 Å². The van der Waals surface area contributed by atoms with Gasteiger partial charge in [0.2, 0.25) is 0 Å². The number of aromatic nitrogens is 1. The Morgan fingerprint density at radius 2 is 1.84 bits per heavy atom. The zero-order valence-electron chi connectivity index (χ0n) is 21.9. The Morgan fingerprint density at radius 3 is 2.55 bits per heavy atom. The fourth-order valence-corrected chi connectivity index (χ4v) is 5.32. The topological polar surface area (TPSA) is 83.3 Å². The van der Waals surface area contributed by atoms with Crippen LogP contribution in [-0.2, 0) is 0 Å². The summed E-state index contributed by atoms with van der Waals surface area (Å²) in [5, 5.41) is 8.24. The summed E-state index contributed by atoms with van der Waals surface area (Å²) in [6.07, 6.45) is 3.96. The number of fused-ring (bicyclic) bond motifs is 1. The van der Waals surface area contributed by atoms with Gasteiger partial charge >= 0.3 is 6.03 Å². The van der Waals surface area contributed by atoms with E-state index < -0.39 is 11.8 Å². The first-order valence-corrected chi connectivity index (χ1v) is 13.6. The van der Waals surface area contributed by atoms with E-state index in [0.717, 1.165) is 64.8 Å². The number of halogens is 1. The minimum absolute atomic E-state index is 0.133.